The van der Waals surface area contributed by atoms with Gasteiger partial charge in [0.1, 0.15) is 13.2 Å². The fourth-order valence-corrected chi connectivity index (χ4v) is 1.43. The quantitative estimate of drug-likeness (QED) is 0.728. The number of likely N-dealkylation sites (N-methyl/N-ethyl adjacent to an activating group) is 1. The monoisotopic (exact) mass is 239 g/mol. The number of benzene rings is 1. The lowest BCUT2D eigenvalue weighted by atomic mass is 10.1. The second-order valence-electron chi connectivity index (χ2n) is 5.20. The SMILES string of the molecule is C[N+](C)(C)CCOc1cc(CCN)ccc1O. The van der Waals surface area contributed by atoms with Gasteiger partial charge in [0.25, 0.3) is 0 Å². The van der Waals surface area contributed by atoms with Crippen LogP contribution in [0.5, 0.6) is 11.5 Å². The summed E-state index contributed by atoms with van der Waals surface area (Å²) in [6.07, 6.45) is 0.798. The Bertz CT molecular complexity index is 359. The average Bonchev–Trinajstić information content (AvgIpc) is 2.21. The van der Waals surface area contributed by atoms with E-state index in [1.54, 1.807) is 6.07 Å². The highest BCUT2D eigenvalue weighted by Crippen LogP contribution is 2.26. The molecule has 0 spiro atoms. The lowest BCUT2D eigenvalue weighted by Gasteiger charge is -2.23. The van der Waals surface area contributed by atoms with Crippen LogP contribution in [0.2, 0.25) is 0 Å². The number of ether oxygens (including phenoxy) is 1. The summed E-state index contributed by atoms with van der Waals surface area (Å²) in [5, 5.41) is 9.67. The van der Waals surface area contributed by atoms with Crippen LogP contribution >= 0.6 is 0 Å². The first-order chi connectivity index (χ1) is 7.92. The van der Waals surface area contributed by atoms with E-state index in [0.29, 0.717) is 18.9 Å². The summed E-state index contributed by atoms with van der Waals surface area (Å²) in [5.41, 5.74) is 6.59. The Morgan fingerprint density at radius 2 is 2.00 bits per heavy atom. The highest BCUT2D eigenvalue weighted by Gasteiger charge is 2.09. The molecule has 0 amide bonds. The largest absolute Gasteiger partial charge is 0.504 e. The van der Waals surface area contributed by atoms with Gasteiger partial charge in [-0.2, -0.15) is 0 Å². The van der Waals surface area contributed by atoms with Crippen LogP contribution in [0.25, 0.3) is 0 Å². The summed E-state index contributed by atoms with van der Waals surface area (Å²) in [6, 6.07) is 5.39. The van der Waals surface area contributed by atoms with Gasteiger partial charge in [-0.25, -0.2) is 0 Å². The molecule has 0 saturated carbocycles. The average molecular weight is 239 g/mol. The number of aromatic hydroxyl groups is 1. The van der Waals surface area contributed by atoms with Gasteiger partial charge in [0.05, 0.1) is 21.1 Å². The van der Waals surface area contributed by atoms with Crippen LogP contribution in [0.3, 0.4) is 0 Å². The van der Waals surface area contributed by atoms with Gasteiger partial charge >= 0.3 is 0 Å². The molecule has 0 fully saturated rings. The maximum atomic E-state index is 9.67. The molecule has 0 radical (unpaired) electrons. The van der Waals surface area contributed by atoms with Gasteiger partial charge in [0.15, 0.2) is 11.5 Å². The zero-order chi connectivity index (χ0) is 12.9. The molecule has 4 nitrogen and oxygen atoms in total. The molecule has 3 N–H and O–H groups in total. The first kappa shape index (κ1) is 13.8. The lowest BCUT2D eigenvalue weighted by molar-refractivity contribution is -0.870. The predicted octanol–water partition coefficient (Wildman–Crippen LogP) is 0.978. The van der Waals surface area contributed by atoms with Gasteiger partial charge in [-0.1, -0.05) is 6.07 Å². The molecular formula is C13H23N2O2+. The summed E-state index contributed by atoms with van der Waals surface area (Å²) in [7, 11) is 6.32. The molecule has 0 aliphatic carbocycles. The van der Waals surface area contributed by atoms with Crippen LogP contribution in [0, 0.1) is 0 Å². The Hall–Kier alpha value is -1.26. The molecule has 0 saturated heterocycles. The minimum absolute atomic E-state index is 0.187. The Morgan fingerprint density at radius 3 is 2.59 bits per heavy atom. The molecule has 17 heavy (non-hydrogen) atoms. The van der Waals surface area contributed by atoms with Crippen molar-refractivity contribution >= 4 is 0 Å². The van der Waals surface area contributed by atoms with Gasteiger partial charge in [-0.3, -0.25) is 0 Å². The van der Waals surface area contributed by atoms with E-state index in [0.717, 1.165) is 23.0 Å². The molecule has 1 rings (SSSR count). The second kappa shape index (κ2) is 5.89. The molecule has 0 bridgehead atoms. The summed E-state index contributed by atoms with van der Waals surface area (Å²) in [5.74, 6) is 0.733. The first-order valence-corrected chi connectivity index (χ1v) is 5.87. The number of quaternary nitrogens is 1. The molecule has 4 heteroatoms. The third-order valence-corrected chi connectivity index (χ3v) is 2.48. The van der Waals surface area contributed by atoms with Crippen LogP contribution in [-0.2, 0) is 6.42 Å². The second-order valence-corrected chi connectivity index (χ2v) is 5.20. The number of nitrogens with two attached hydrogens (primary N) is 1. The minimum atomic E-state index is 0.187. The predicted molar refractivity (Wildman–Crippen MR) is 69.3 cm³/mol. The standard InChI is InChI=1S/C13H22N2O2/c1-15(2,3)8-9-17-13-10-11(6-7-14)4-5-12(13)16/h4-5,10H,6-9,14H2,1-3H3/p+1. The van der Waals surface area contributed by atoms with Gasteiger partial charge in [-0.15, -0.1) is 0 Å². The highest BCUT2D eigenvalue weighted by atomic mass is 16.5. The van der Waals surface area contributed by atoms with Crippen LogP contribution in [0.4, 0.5) is 0 Å². The van der Waals surface area contributed by atoms with Crippen molar-refractivity contribution in [3.63, 3.8) is 0 Å². The molecule has 0 unspecified atom stereocenters. The number of hydrogen-bond acceptors (Lipinski definition) is 3. The maximum Gasteiger partial charge on any atom is 0.161 e. The Balaban J connectivity index is 2.60. The molecule has 0 aromatic heterocycles. The smallest absolute Gasteiger partial charge is 0.161 e. The molecular weight excluding hydrogens is 216 g/mol. The summed E-state index contributed by atoms with van der Waals surface area (Å²) in [4.78, 5) is 0. The number of nitrogens with zero attached hydrogens (tertiary/aromatic N) is 1. The van der Waals surface area contributed by atoms with Crippen molar-refractivity contribution in [1.29, 1.82) is 0 Å². The molecule has 1 aromatic carbocycles. The van der Waals surface area contributed by atoms with Crippen LogP contribution in [0.1, 0.15) is 5.56 Å². The first-order valence-electron chi connectivity index (χ1n) is 5.87. The number of rotatable bonds is 6. The lowest BCUT2D eigenvalue weighted by Crippen LogP contribution is -2.38. The van der Waals surface area contributed by atoms with Crippen LogP contribution < -0.4 is 10.5 Å². The molecule has 0 heterocycles. The van der Waals surface area contributed by atoms with Crippen molar-refractivity contribution in [3.8, 4) is 11.5 Å². The Morgan fingerprint density at radius 1 is 1.29 bits per heavy atom. The summed E-state index contributed by atoms with van der Waals surface area (Å²) in [6.45, 7) is 2.08. The van der Waals surface area contributed by atoms with Crippen molar-refractivity contribution in [3.05, 3.63) is 23.8 Å². The minimum Gasteiger partial charge on any atom is -0.504 e. The van der Waals surface area contributed by atoms with Gasteiger partial charge in [0, 0.05) is 0 Å². The van der Waals surface area contributed by atoms with E-state index in [-0.39, 0.29) is 5.75 Å². The van der Waals surface area contributed by atoms with Crippen molar-refractivity contribution < 1.29 is 14.3 Å². The van der Waals surface area contributed by atoms with E-state index in [2.05, 4.69) is 21.1 Å². The summed E-state index contributed by atoms with van der Waals surface area (Å²) >= 11 is 0. The molecule has 0 atom stereocenters. The molecule has 1 aromatic rings. The maximum absolute atomic E-state index is 9.67. The molecule has 0 aliphatic rings. The van der Waals surface area contributed by atoms with Gasteiger partial charge < -0.3 is 20.1 Å². The van der Waals surface area contributed by atoms with E-state index in [9.17, 15) is 5.11 Å². The van der Waals surface area contributed by atoms with Crippen LogP contribution in [0.15, 0.2) is 18.2 Å². The van der Waals surface area contributed by atoms with Crippen molar-refractivity contribution in [2.45, 2.75) is 6.42 Å². The summed E-state index contributed by atoms with van der Waals surface area (Å²) < 4.78 is 6.43. The van der Waals surface area contributed by atoms with Crippen molar-refractivity contribution in [1.82, 2.24) is 0 Å². The third kappa shape index (κ3) is 5.06. The van der Waals surface area contributed by atoms with Gasteiger partial charge in [0.2, 0.25) is 0 Å². The zero-order valence-electron chi connectivity index (χ0n) is 10.9. The van der Waals surface area contributed by atoms with Gasteiger partial charge in [-0.05, 0) is 30.7 Å². The normalized spacial score (nSPS) is 11.5. The number of phenolic OH excluding ortho intramolecular Hbond substituents is 1. The zero-order valence-corrected chi connectivity index (χ0v) is 10.9. The number of phenols is 1. The fourth-order valence-electron chi connectivity index (χ4n) is 1.43. The highest BCUT2D eigenvalue weighted by molar-refractivity contribution is 5.41. The molecule has 0 aliphatic heterocycles. The van der Waals surface area contributed by atoms with E-state index in [1.807, 2.05) is 12.1 Å². The van der Waals surface area contributed by atoms with Crippen LogP contribution in [-0.4, -0.2) is 50.4 Å². The fraction of sp³-hybridized carbons (Fsp3) is 0.538. The molecule has 96 valence electrons. The van der Waals surface area contributed by atoms with E-state index < -0.39 is 0 Å². The van der Waals surface area contributed by atoms with Crippen molar-refractivity contribution in [2.24, 2.45) is 5.73 Å². The van der Waals surface area contributed by atoms with E-state index in [1.165, 1.54) is 0 Å². The van der Waals surface area contributed by atoms with E-state index >= 15 is 0 Å². The third-order valence-electron chi connectivity index (χ3n) is 2.48. The Labute approximate surface area is 103 Å². The Kier molecular flexibility index (Phi) is 4.78. The topological polar surface area (TPSA) is 55.5 Å². The van der Waals surface area contributed by atoms with Crippen molar-refractivity contribution in [2.75, 3.05) is 40.8 Å². The number of hydrogen-bond donors (Lipinski definition) is 2. The van der Waals surface area contributed by atoms with E-state index in [4.69, 9.17) is 10.5 Å².